The Morgan fingerprint density at radius 2 is 1.87 bits per heavy atom. The number of nitrogens with zero attached hydrogens (tertiary/aromatic N) is 4. The molecule has 4 rings (SSSR count). The van der Waals surface area contributed by atoms with Crippen LogP contribution < -0.4 is 0 Å². The Morgan fingerprint density at radius 1 is 1.10 bits per heavy atom. The second-order valence-electron chi connectivity index (χ2n) is 9.06. The third kappa shape index (κ3) is 4.78. The Morgan fingerprint density at radius 3 is 2.58 bits per heavy atom. The summed E-state index contributed by atoms with van der Waals surface area (Å²) in [6.45, 7) is 5.15. The first kappa shape index (κ1) is 21.5. The number of likely N-dealkylation sites (tertiary alicyclic amines) is 2. The Hall–Kier alpha value is -2.76. The molecule has 1 aromatic heterocycles. The molecular weight excluding hydrogens is 388 g/mol. The smallest absolute Gasteiger partial charge is 0.274 e. The van der Waals surface area contributed by atoms with Crippen LogP contribution in [0.2, 0.25) is 0 Å². The van der Waals surface area contributed by atoms with Crippen molar-refractivity contribution >= 4 is 11.8 Å². The Balaban J connectivity index is 1.39. The van der Waals surface area contributed by atoms with E-state index in [0.29, 0.717) is 30.6 Å². The van der Waals surface area contributed by atoms with Crippen LogP contribution in [0.15, 0.2) is 48.9 Å². The van der Waals surface area contributed by atoms with E-state index in [-0.39, 0.29) is 11.3 Å². The molecule has 1 unspecified atom stereocenters. The largest absolute Gasteiger partial charge is 0.342 e. The molecule has 164 valence electrons. The van der Waals surface area contributed by atoms with Gasteiger partial charge in [-0.1, -0.05) is 43.7 Å². The van der Waals surface area contributed by atoms with Crippen LogP contribution in [0.4, 0.5) is 0 Å². The second kappa shape index (κ2) is 9.58. The predicted octanol–water partition coefficient (Wildman–Crippen LogP) is 3.59. The lowest BCUT2D eigenvalue weighted by molar-refractivity contribution is -0.144. The van der Waals surface area contributed by atoms with Crippen molar-refractivity contribution in [2.75, 3.05) is 26.2 Å². The number of benzene rings is 1. The molecule has 1 atom stereocenters. The van der Waals surface area contributed by atoms with Gasteiger partial charge in [0.1, 0.15) is 5.69 Å². The summed E-state index contributed by atoms with van der Waals surface area (Å²) in [5.41, 5.74) is 1.33. The number of amides is 2. The van der Waals surface area contributed by atoms with Crippen LogP contribution in [-0.4, -0.2) is 57.8 Å². The summed E-state index contributed by atoms with van der Waals surface area (Å²) in [6, 6.07) is 10.4. The van der Waals surface area contributed by atoms with E-state index in [1.54, 1.807) is 12.4 Å². The van der Waals surface area contributed by atoms with Crippen LogP contribution in [0.1, 0.15) is 55.1 Å². The van der Waals surface area contributed by atoms with Gasteiger partial charge in [0.05, 0.1) is 6.20 Å². The summed E-state index contributed by atoms with van der Waals surface area (Å²) in [6.07, 6.45) is 10.4. The lowest BCUT2D eigenvalue weighted by atomic mass is 9.69. The second-order valence-corrected chi connectivity index (χ2v) is 9.06. The van der Waals surface area contributed by atoms with E-state index in [1.165, 1.54) is 11.8 Å². The summed E-state index contributed by atoms with van der Waals surface area (Å²) in [4.78, 5) is 38.5. The van der Waals surface area contributed by atoms with Crippen molar-refractivity contribution in [2.45, 2.75) is 45.4 Å². The van der Waals surface area contributed by atoms with Gasteiger partial charge < -0.3 is 9.80 Å². The first-order valence-corrected chi connectivity index (χ1v) is 11.5. The third-order valence-electron chi connectivity index (χ3n) is 7.13. The molecule has 0 N–H and O–H groups in total. The standard InChI is InChI=1S/C25H32N4O2/c1-25(21-10-17-28(18-11-21)23(30)22-19-26-13-14-27-22)12-5-6-15-29(24(25)31)16-9-20-7-3-2-4-8-20/h2-4,7-8,13-14,19,21H,5-6,9-12,15-18H2,1H3. The number of hydrogen-bond donors (Lipinski definition) is 0. The molecule has 0 aliphatic carbocycles. The van der Waals surface area contributed by atoms with E-state index in [0.717, 1.165) is 51.6 Å². The van der Waals surface area contributed by atoms with Gasteiger partial charge >= 0.3 is 0 Å². The summed E-state index contributed by atoms with van der Waals surface area (Å²) in [5.74, 6) is 0.552. The minimum absolute atomic E-state index is 0.0617. The highest BCUT2D eigenvalue weighted by Crippen LogP contribution is 2.42. The minimum atomic E-state index is -0.338. The molecule has 2 aliphatic rings. The molecule has 6 heteroatoms. The molecular formula is C25H32N4O2. The first-order valence-electron chi connectivity index (χ1n) is 11.5. The molecule has 2 fully saturated rings. The normalized spacial score (nSPS) is 22.9. The zero-order valence-corrected chi connectivity index (χ0v) is 18.4. The number of carbonyl (C=O) groups excluding carboxylic acids is 2. The van der Waals surface area contributed by atoms with Crippen molar-refractivity contribution in [2.24, 2.45) is 11.3 Å². The number of piperidine rings is 1. The molecule has 2 saturated heterocycles. The van der Waals surface area contributed by atoms with E-state index in [9.17, 15) is 9.59 Å². The SMILES string of the molecule is CC1(C2CCN(C(=O)c3cnccn3)CC2)CCCCN(CCc2ccccc2)C1=O. The van der Waals surface area contributed by atoms with Gasteiger partial charge in [0.25, 0.3) is 5.91 Å². The van der Waals surface area contributed by atoms with E-state index >= 15 is 0 Å². The average Bonchev–Trinajstić information content (AvgIpc) is 2.97. The van der Waals surface area contributed by atoms with Crippen LogP contribution in [-0.2, 0) is 11.2 Å². The van der Waals surface area contributed by atoms with Gasteiger partial charge in [-0.25, -0.2) is 4.98 Å². The third-order valence-corrected chi connectivity index (χ3v) is 7.13. The zero-order valence-electron chi connectivity index (χ0n) is 18.4. The van der Waals surface area contributed by atoms with E-state index in [1.807, 2.05) is 11.0 Å². The molecule has 0 bridgehead atoms. The van der Waals surface area contributed by atoms with E-state index < -0.39 is 0 Å². The van der Waals surface area contributed by atoms with Gasteiger partial charge in [-0.15, -0.1) is 0 Å². The average molecular weight is 421 g/mol. The summed E-state index contributed by atoms with van der Waals surface area (Å²) in [7, 11) is 0. The van der Waals surface area contributed by atoms with Crippen LogP contribution in [0.25, 0.3) is 0 Å². The molecule has 2 aromatic rings. The Bertz CT molecular complexity index is 881. The van der Waals surface area contributed by atoms with E-state index in [2.05, 4.69) is 46.1 Å². The maximum atomic E-state index is 13.7. The Kier molecular flexibility index (Phi) is 6.64. The molecule has 1 aromatic carbocycles. The highest BCUT2D eigenvalue weighted by atomic mass is 16.2. The highest BCUT2D eigenvalue weighted by molar-refractivity contribution is 5.92. The van der Waals surface area contributed by atoms with Gasteiger partial charge in [-0.05, 0) is 43.6 Å². The molecule has 2 aliphatic heterocycles. The monoisotopic (exact) mass is 420 g/mol. The molecule has 0 radical (unpaired) electrons. The van der Waals surface area contributed by atoms with Crippen molar-refractivity contribution in [3.05, 3.63) is 60.2 Å². The minimum Gasteiger partial charge on any atom is -0.342 e. The summed E-state index contributed by atoms with van der Waals surface area (Å²) < 4.78 is 0. The molecule has 0 spiro atoms. The van der Waals surface area contributed by atoms with Crippen LogP contribution >= 0.6 is 0 Å². The van der Waals surface area contributed by atoms with Gasteiger partial charge in [-0.3, -0.25) is 14.6 Å². The summed E-state index contributed by atoms with van der Waals surface area (Å²) in [5, 5.41) is 0. The maximum Gasteiger partial charge on any atom is 0.274 e. The Labute approximate surface area is 184 Å². The number of aromatic nitrogens is 2. The van der Waals surface area contributed by atoms with Crippen molar-refractivity contribution in [1.29, 1.82) is 0 Å². The molecule has 0 saturated carbocycles. The van der Waals surface area contributed by atoms with Gasteiger partial charge in [0.15, 0.2) is 0 Å². The van der Waals surface area contributed by atoms with Crippen LogP contribution in [0.5, 0.6) is 0 Å². The van der Waals surface area contributed by atoms with Crippen LogP contribution in [0, 0.1) is 11.3 Å². The quantitative estimate of drug-likeness (QED) is 0.741. The molecule has 3 heterocycles. The van der Waals surface area contributed by atoms with Crippen molar-refractivity contribution in [3.63, 3.8) is 0 Å². The van der Waals surface area contributed by atoms with Gasteiger partial charge in [0, 0.05) is 44.0 Å². The molecule has 2 amide bonds. The zero-order chi connectivity index (χ0) is 21.7. The lowest BCUT2D eigenvalue weighted by Crippen LogP contribution is -2.49. The highest BCUT2D eigenvalue weighted by Gasteiger charge is 2.45. The van der Waals surface area contributed by atoms with Gasteiger partial charge in [-0.2, -0.15) is 0 Å². The van der Waals surface area contributed by atoms with Crippen LogP contribution in [0.3, 0.4) is 0 Å². The number of hydrogen-bond acceptors (Lipinski definition) is 4. The van der Waals surface area contributed by atoms with Crippen molar-refractivity contribution in [1.82, 2.24) is 19.8 Å². The summed E-state index contributed by atoms with van der Waals surface area (Å²) >= 11 is 0. The lowest BCUT2D eigenvalue weighted by Gasteiger charge is -2.42. The number of carbonyl (C=O) groups is 2. The topological polar surface area (TPSA) is 66.4 Å². The molecule has 31 heavy (non-hydrogen) atoms. The maximum absolute atomic E-state index is 13.7. The predicted molar refractivity (Wildman–Crippen MR) is 119 cm³/mol. The van der Waals surface area contributed by atoms with Gasteiger partial charge in [0.2, 0.25) is 5.91 Å². The van der Waals surface area contributed by atoms with Crippen molar-refractivity contribution in [3.8, 4) is 0 Å². The fourth-order valence-electron chi connectivity index (χ4n) is 5.16. The molecule has 6 nitrogen and oxygen atoms in total. The fraction of sp³-hybridized carbons (Fsp3) is 0.520. The van der Waals surface area contributed by atoms with E-state index in [4.69, 9.17) is 0 Å². The number of rotatable bonds is 5. The fourth-order valence-corrected chi connectivity index (χ4v) is 5.16. The van der Waals surface area contributed by atoms with Crippen molar-refractivity contribution < 1.29 is 9.59 Å². The first-order chi connectivity index (χ1) is 15.1.